The summed E-state index contributed by atoms with van der Waals surface area (Å²) >= 11 is 2.30. The highest BCUT2D eigenvalue weighted by Crippen LogP contribution is 2.27. The fourth-order valence-corrected chi connectivity index (χ4v) is 8.11. The number of rotatable bonds is 8. The number of nitrogens with zero attached hydrogens (tertiary/aromatic N) is 6. The second-order valence-corrected chi connectivity index (χ2v) is 15.8. The van der Waals surface area contributed by atoms with Gasteiger partial charge in [-0.15, -0.1) is 0 Å². The summed E-state index contributed by atoms with van der Waals surface area (Å²) in [6.07, 6.45) is 7.86. The summed E-state index contributed by atoms with van der Waals surface area (Å²) < 4.78 is 8.20. The van der Waals surface area contributed by atoms with Crippen LogP contribution in [0.3, 0.4) is 0 Å². The molecule has 0 unspecified atom stereocenters. The fourth-order valence-electron chi connectivity index (χ4n) is 7.28. The van der Waals surface area contributed by atoms with Crippen LogP contribution in [0.1, 0.15) is 57.6 Å². The molecule has 0 saturated carbocycles. The van der Waals surface area contributed by atoms with E-state index in [-0.39, 0.29) is 18.5 Å². The van der Waals surface area contributed by atoms with Gasteiger partial charge in [-0.05, 0) is 79.9 Å². The third-order valence-electron chi connectivity index (χ3n) is 9.74. The molecule has 9 heteroatoms. The van der Waals surface area contributed by atoms with Crippen LogP contribution in [0.2, 0.25) is 0 Å². The molecule has 0 radical (unpaired) electrons. The van der Waals surface area contributed by atoms with Gasteiger partial charge in [0.25, 0.3) is 11.1 Å². The minimum Gasteiger partial charge on any atom is -0.348 e. The van der Waals surface area contributed by atoms with Gasteiger partial charge in [0.05, 0.1) is 25.9 Å². The molecule has 278 valence electrons. The molecule has 0 aliphatic rings. The van der Waals surface area contributed by atoms with Crippen molar-refractivity contribution in [3.05, 3.63) is 150 Å². The highest BCUT2D eigenvalue weighted by molar-refractivity contribution is 14.1. The predicted molar refractivity (Wildman–Crippen MR) is 233 cm³/mol. The summed E-state index contributed by atoms with van der Waals surface area (Å²) in [5.41, 5.74) is 4.42. The molecule has 0 N–H and O–H groups in total. The first-order valence-electron chi connectivity index (χ1n) is 18.2. The highest BCUT2D eigenvalue weighted by atomic mass is 127. The maximum absolute atomic E-state index is 12.7. The topological polar surface area (TPSA) is 79.6 Å². The van der Waals surface area contributed by atoms with Gasteiger partial charge in [0, 0.05) is 56.5 Å². The molecule has 4 aromatic heterocycles. The van der Waals surface area contributed by atoms with Crippen LogP contribution in [0.5, 0.6) is 0 Å². The normalized spacial score (nSPS) is 11.5. The average molecular weight is 833 g/mol. The Labute approximate surface area is 330 Å². The third-order valence-corrected chi connectivity index (χ3v) is 10.9. The fraction of sp³-hybridized carbons (Fsp3) is 0.289. The molecule has 4 aromatic carbocycles. The maximum atomic E-state index is 12.7. The molecule has 54 heavy (non-hydrogen) atoms. The van der Waals surface area contributed by atoms with Gasteiger partial charge in [0.1, 0.15) is 0 Å². The van der Waals surface area contributed by atoms with E-state index in [1.54, 1.807) is 14.1 Å². The SMILES string of the molecule is C.CC(C)Cc1nn(C)c(=O)c2c(I)n(Cc3cccc4ccccc34)cc12.CC(C)Cc1nn(C)c(=O)c2cn(Cc3cccc4ccccc34)cc12. The molecule has 0 atom stereocenters. The number of benzene rings is 4. The van der Waals surface area contributed by atoms with Crippen LogP contribution < -0.4 is 11.1 Å². The van der Waals surface area contributed by atoms with Crippen molar-refractivity contribution in [2.24, 2.45) is 25.9 Å². The molecule has 0 aliphatic heterocycles. The Bertz CT molecular complexity index is 2720. The molecule has 0 saturated heterocycles. The van der Waals surface area contributed by atoms with Crippen molar-refractivity contribution >= 4 is 65.7 Å². The molecule has 0 bridgehead atoms. The van der Waals surface area contributed by atoms with Crippen molar-refractivity contribution in [3.8, 4) is 0 Å². The Hall–Kier alpha value is -5.03. The minimum atomic E-state index is -0.0378. The predicted octanol–water partition coefficient (Wildman–Crippen LogP) is 9.51. The lowest BCUT2D eigenvalue weighted by Crippen LogP contribution is -2.22. The monoisotopic (exact) mass is 832 g/mol. The van der Waals surface area contributed by atoms with Gasteiger partial charge >= 0.3 is 0 Å². The van der Waals surface area contributed by atoms with Gasteiger partial charge in [-0.3, -0.25) is 9.59 Å². The molecule has 8 nitrogen and oxygen atoms in total. The van der Waals surface area contributed by atoms with Gasteiger partial charge < -0.3 is 9.13 Å². The van der Waals surface area contributed by atoms with Crippen molar-refractivity contribution in [2.45, 2.75) is 61.1 Å². The third kappa shape index (κ3) is 7.78. The van der Waals surface area contributed by atoms with E-state index in [0.29, 0.717) is 11.8 Å². The average Bonchev–Trinajstić information content (AvgIpc) is 3.71. The zero-order valence-corrected chi connectivity index (χ0v) is 33.3. The van der Waals surface area contributed by atoms with E-state index in [0.717, 1.165) is 62.6 Å². The molecule has 0 spiro atoms. The van der Waals surface area contributed by atoms with Crippen LogP contribution in [0.4, 0.5) is 0 Å². The Morgan fingerprint density at radius 1 is 0.574 bits per heavy atom. The van der Waals surface area contributed by atoms with E-state index < -0.39 is 0 Å². The second-order valence-electron chi connectivity index (χ2n) is 14.8. The van der Waals surface area contributed by atoms with Crippen LogP contribution in [-0.4, -0.2) is 28.7 Å². The number of aryl methyl sites for hydroxylation is 2. The van der Waals surface area contributed by atoms with Gasteiger partial charge in [-0.25, -0.2) is 9.36 Å². The van der Waals surface area contributed by atoms with Crippen LogP contribution in [0.25, 0.3) is 43.1 Å². The summed E-state index contributed by atoms with van der Waals surface area (Å²) in [6.45, 7) is 10.2. The van der Waals surface area contributed by atoms with Crippen molar-refractivity contribution in [1.29, 1.82) is 0 Å². The first-order chi connectivity index (χ1) is 25.5. The van der Waals surface area contributed by atoms with Gasteiger partial charge in [0.15, 0.2) is 0 Å². The molecule has 8 rings (SSSR count). The number of fused-ring (bicyclic) bond motifs is 4. The van der Waals surface area contributed by atoms with E-state index in [2.05, 4.69) is 167 Å². The van der Waals surface area contributed by atoms with Crippen molar-refractivity contribution in [3.63, 3.8) is 0 Å². The lowest BCUT2D eigenvalue weighted by Gasteiger charge is -2.09. The minimum absolute atomic E-state index is 0. The lowest BCUT2D eigenvalue weighted by molar-refractivity contribution is 0.605. The van der Waals surface area contributed by atoms with Gasteiger partial charge in [-0.1, -0.05) is 120 Å². The van der Waals surface area contributed by atoms with E-state index in [9.17, 15) is 9.59 Å². The molecule has 0 aliphatic carbocycles. The second kappa shape index (κ2) is 16.1. The van der Waals surface area contributed by atoms with E-state index in [4.69, 9.17) is 0 Å². The zero-order valence-electron chi connectivity index (χ0n) is 31.2. The van der Waals surface area contributed by atoms with E-state index in [1.165, 1.54) is 42.0 Å². The summed E-state index contributed by atoms with van der Waals surface area (Å²) in [5.74, 6) is 0.974. The van der Waals surface area contributed by atoms with E-state index in [1.807, 2.05) is 6.20 Å². The Balaban J connectivity index is 0.000000181. The lowest BCUT2D eigenvalue weighted by atomic mass is 10.0. The van der Waals surface area contributed by atoms with Crippen LogP contribution >= 0.6 is 22.6 Å². The largest absolute Gasteiger partial charge is 0.348 e. The maximum Gasteiger partial charge on any atom is 0.277 e. The summed E-state index contributed by atoms with van der Waals surface area (Å²) in [6, 6.07) is 29.6. The first kappa shape index (κ1) is 38.7. The summed E-state index contributed by atoms with van der Waals surface area (Å²) in [5, 5.41) is 17.5. The summed E-state index contributed by atoms with van der Waals surface area (Å²) in [4.78, 5) is 25.3. The number of halogens is 1. The standard InChI is InChI=1S/C22H22IN3O.C22H23N3O.CH4/c1-14(2)11-19-18-13-26(21(23)20(18)22(27)25(3)24-19)12-16-9-6-8-15-7-4-5-10-17(15)16;1-15(2)11-21-19-13-25(14-20(19)22(26)24(3)23-21)12-17-9-6-8-16-7-4-5-10-18(16)17;/h4-10,13-14H,11-12H2,1-3H3;4-10,13-15H,11-12H2,1-3H3;1H4. The number of aromatic nitrogens is 6. The zero-order chi connectivity index (χ0) is 37.4. The quantitative estimate of drug-likeness (QED) is 0.143. The number of hydrogen-bond acceptors (Lipinski definition) is 4. The molecular weight excluding hydrogens is 783 g/mol. The van der Waals surface area contributed by atoms with Gasteiger partial charge in [0.2, 0.25) is 0 Å². The van der Waals surface area contributed by atoms with Crippen LogP contribution in [0.15, 0.2) is 113 Å². The first-order valence-corrected chi connectivity index (χ1v) is 19.3. The molecule has 8 aromatic rings. The summed E-state index contributed by atoms with van der Waals surface area (Å²) in [7, 11) is 3.47. The van der Waals surface area contributed by atoms with Crippen molar-refractivity contribution in [2.75, 3.05) is 0 Å². The van der Waals surface area contributed by atoms with Crippen LogP contribution in [0, 0.1) is 15.5 Å². The van der Waals surface area contributed by atoms with Crippen molar-refractivity contribution in [1.82, 2.24) is 28.7 Å². The molecule has 0 amide bonds. The van der Waals surface area contributed by atoms with Crippen LogP contribution in [-0.2, 0) is 40.0 Å². The number of hydrogen-bond donors (Lipinski definition) is 0. The molecule has 4 heterocycles. The van der Waals surface area contributed by atoms with Crippen molar-refractivity contribution < 1.29 is 0 Å². The Morgan fingerprint density at radius 3 is 1.63 bits per heavy atom. The van der Waals surface area contributed by atoms with E-state index >= 15 is 0 Å². The Morgan fingerprint density at radius 2 is 1.06 bits per heavy atom. The molecular formula is C45H49IN6O2. The Kier molecular flexibility index (Phi) is 11.6. The highest BCUT2D eigenvalue weighted by Gasteiger charge is 2.18. The smallest absolute Gasteiger partial charge is 0.277 e. The molecule has 0 fully saturated rings. The van der Waals surface area contributed by atoms with Gasteiger partial charge in [-0.2, -0.15) is 10.2 Å².